The first-order valence-electron chi connectivity index (χ1n) is 10.9. The molecule has 2 aromatic carbocycles. The van der Waals surface area contributed by atoms with Gasteiger partial charge in [0.1, 0.15) is 6.04 Å². The van der Waals surface area contributed by atoms with Crippen LogP contribution in [0, 0.1) is 11.3 Å². The summed E-state index contributed by atoms with van der Waals surface area (Å²) in [5.74, 6) is 1.29. The Kier molecular flexibility index (Phi) is 5.33. The molecule has 7 nitrogen and oxygen atoms in total. The smallest absolute Gasteiger partial charge is 0.238 e. The van der Waals surface area contributed by atoms with Crippen molar-refractivity contribution >= 4 is 11.6 Å². The van der Waals surface area contributed by atoms with Crippen molar-refractivity contribution in [3.63, 3.8) is 0 Å². The van der Waals surface area contributed by atoms with Crippen molar-refractivity contribution in [1.82, 2.24) is 10.6 Å². The second-order valence-electron chi connectivity index (χ2n) is 8.59. The van der Waals surface area contributed by atoms with Gasteiger partial charge < -0.3 is 25.0 Å². The van der Waals surface area contributed by atoms with Crippen molar-refractivity contribution in [2.45, 2.75) is 43.5 Å². The predicted molar refractivity (Wildman–Crippen MR) is 121 cm³/mol. The maximum absolute atomic E-state index is 12.6. The van der Waals surface area contributed by atoms with Crippen molar-refractivity contribution in [1.29, 1.82) is 5.26 Å². The number of hydrogen-bond acceptors (Lipinski definition) is 6. The lowest BCUT2D eigenvalue weighted by molar-refractivity contribution is -0.123. The fourth-order valence-electron chi connectivity index (χ4n) is 4.66. The molecule has 3 heterocycles. The molecule has 0 saturated carbocycles. The van der Waals surface area contributed by atoms with E-state index in [1.54, 1.807) is 0 Å². The summed E-state index contributed by atoms with van der Waals surface area (Å²) >= 11 is 0. The number of nitrogens with zero attached hydrogens (tertiary/aromatic N) is 2. The number of fused-ring (bicyclic) bond motifs is 2. The van der Waals surface area contributed by atoms with E-state index < -0.39 is 6.04 Å². The average molecular weight is 431 g/mol. The van der Waals surface area contributed by atoms with Crippen LogP contribution >= 0.6 is 0 Å². The first kappa shape index (κ1) is 20.6. The predicted octanol–water partition coefficient (Wildman–Crippen LogP) is 2.72. The largest absolute Gasteiger partial charge is 0.439 e. The molecule has 2 fully saturated rings. The molecule has 2 aromatic rings. The fourth-order valence-corrected chi connectivity index (χ4v) is 4.66. The second kappa shape index (κ2) is 8.30. The highest BCUT2D eigenvalue weighted by Gasteiger charge is 2.41. The minimum Gasteiger partial charge on any atom is -0.439 e. The van der Waals surface area contributed by atoms with Crippen molar-refractivity contribution in [2.24, 2.45) is 0 Å². The van der Waals surface area contributed by atoms with Crippen LogP contribution < -0.4 is 20.3 Å². The summed E-state index contributed by atoms with van der Waals surface area (Å²) in [5.41, 5.74) is 4.13. The number of amides is 1. The van der Waals surface area contributed by atoms with Crippen LogP contribution in [0.5, 0.6) is 5.75 Å². The molecule has 0 aromatic heterocycles. The number of carbonyl (C=O) groups is 1. The molecule has 1 amide bonds. The molecule has 0 radical (unpaired) electrons. The van der Waals surface area contributed by atoms with E-state index in [-0.39, 0.29) is 24.1 Å². The molecule has 0 bridgehead atoms. The minimum absolute atomic E-state index is 0.113. The zero-order chi connectivity index (χ0) is 22.2. The zero-order valence-corrected chi connectivity index (χ0v) is 18.0. The van der Waals surface area contributed by atoms with E-state index in [0.717, 1.165) is 41.2 Å². The van der Waals surface area contributed by atoms with Crippen LogP contribution in [-0.2, 0) is 16.0 Å². The maximum atomic E-state index is 12.6. The van der Waals surface area contributed by atoms with Crippen molar-refractivity contribution in [3.05, 3.63) is 60.5 Å². The average Bonchev–Trinajstić information content (AvgIpc) is 3.48. The van der Waals surface area contributed by atoms with Gasteiger partial charge in [0.05, 0.1) is 23.9 Å². The van der Waals surface area contributed by atoms with Crippen molar-refractivity contribution in [2.75, 3.05) is 18.6 Å². The highest BCUT2D eigenvalue weighted by Crippen LogP contribution is 2.40. The number of anilines is 1. The second-order valence-corrected chi connectivity index (χ2v) is 8.59. The lowest BCUT2D eigenvalue weighted by Crippen LogP contribution is -2.46. The number of carbonyl (C=O) groups excluding carboxylic acids is 1. The van der Waals surface area contributed by atoms with Gasteiger partial charge in [-0.05, 0) is 48.2 Å². The molecule has 0 spiro atoms. The molecule has 7 heteroatoms. The number of ether oxygens (including phenoxy) is 2. The SMILES string of the molecule is C=C1Oc2ccc(-c3ccc(CC(C#N)NC(=O)C4CC5OCCC5N4)cc3)cc2N1C. The van der Waals surface area contributed by atoms with Gasteiger partial charge in [-0.2, -0.15) is 5.26 Å². The molecule has 4 atom stereocenters. The molecule has 32 heavy (non-hydrogen) atoms. The van der Waals surface area contributed by atoms with Gasteiger partial charge in [-0.3, -0.25) is 4.79 Å². The lowest BCUT2D eigenvalue weighted by Gasteiger charge is -2.17. The number of benzene rings is 2. The fraction of sp³-hybridized carbons (Fsp3) is 0.360. The number of rotatable bonds is 5. The van der Waals surface area contributed by atoms with Gasteiger partial charge in [-0.25, -0.2) is 0 Å². The standard InChI is InChI=1S/C25H26N4O3/c1-15-29(2)22-12-18(7-8-23(22)32-15)17-5-3-16(4-6-17)11-19(14-26)27-25(30)21-13-24-20(28-21)9-10-31-24/h3-8,12,19-21,24,28H,1,9-11,13H2,2H3,(H,27,30). The third-order valence-electron chi connectivity index (χ3n) is 6.53. The summed E-state index contributed by atoms with van der Waals surface area (Å²) in [6.45, 7) is 4.65. The van der Waals surface area contributed by atoms with Gasteiger partial charge in [-0.1, -0.05) is 30.3 Å². The van der Waals surface area contributed by atoms with Crippen LogP contribution in [-0.4, -0.2) is 43.8 Å². The summed E-state index contributed by atoms with van der Waals surface area (Å²) in [7, 11) is 1.93. The zero-order valence-electron chi connectivity index (χ0n) is 18.0. The Morgan fingerprint density at radius 1 is 1.31 bits per heavy atom. The van der Waals surface area contributed by atoms with Crippen LogP contribution in [0.2, 0.25) is 0 Å². The molecule has 5 rings (SSSR count). The molecule has 164 valence electrons. The third-order valence-corrected chi connectivity index (χ3v) is 6.53. The van der Waals surface area contributed by atoms with Gasteiger partial charge in [0.25, 0.3) is 0 Å². The summed E-state index contributed by atoms with van der Waals surface area (Å²) in [6, 6.07) is 15.7. The van der Waals surface area contributed by atoms with Crippen LogP contribution in [0.25, 0.3) is 11.1 Å². The Bertz CT molecular complexity index is 1080. The van der Waals surface area contributed by atoms with Gasteiger partial charge in [0.2, 0.25) is 5.91 Å². The van der Waals surface area contributed by atoms with E-state index in [0.29, 0.717) is 18.7 Å². The maximum Gasteiger partial charge on any atom is 0.238 e. The van der Waals surface area contributed by atoms with Crippen LogP contribution in [0.15, 0.2) is 54.9 Å². The molecule has 4 unspecified atom stereocenters. The first-order chi connectivity index (χ1) is 15.5. The number of hydrogen-bond donors (Lipinski definition) is 2. The quantitative estimate of drug-likeness (QED) is 0.759. The minimum atomic E-state index is -0.576. The summed E-state index contributed by atoms with van der Waals surface area (Å²) in [5, 5.41) is 15.8. The lowest BCUT2D eigenvalue weighted by atomic mass is 10.00. The van der Waals surface area contributed by atoms with Crippen molar-refractivity contribution < 1.29 is 14.3 Å². The summed E-state index contributed by atoms with van der Waals surface area (Å²) < 4.78 is 11.3. The van der Waals surface area contributed by atoms with E-state index in [4.69, 9.17) is 9.47 Å². The Morgan fingerprint density at radius 2 is 2.09 bits per heavy atom. The normalized spacial score (nSPS) is 24.4. The van der Waals surface area contributed by atoms with Gasteiger partial charge in [0, 0.05) is 26.1 Å². The van der Waals surface area contributed by atoms with Crippen LogP contribution in [0.1, 0.15) is 18.4 Å². The molecule has 2 saturated heterocycles. The molecule has 0 aliphatic carbocycles. The van der Waals surface area contributed by atoms with E-state index in [2.05, 4.69) is 29.3 Å². The van der Waals surface area contributed by atoms with Crippen molar-refractivity contribution in [3.8, 4) is 22.9 Å². The molecular weight excluding hydrogens is 404 g/mol. The van der Waals surface area contributed by atoms with Crippen LogP contribution in [0.4, 0.5) is 5.69 Å². The number of nitrogens with one attached hydrogen (secondary N) is 2. The molecule has 3 aliphatic rings. The number of nitriles is 1. The Morgan fingerprint density at radius 3 is 2.84 bits per heavy atom. The first-order valence-corrected chi connectivity index (χ1v) is 10.9. The van der Waals surface area contributed by atoms with Crippen LogP contribution in [0.3, 0.4) is 0 Å². The topological polar surface area (TPSA) is 86.6 Å². The third kappa shape index (κ3) is 3.83. The summed E-state index contributed by atoms with van der Waals surface area (Å²) in [6.07, 6.45) is 2.17. The van der Waals surface area contributed by atoms with E-state index in [1.807, 2.05) is 48.3 Å². The van der Waals surface area contributed by atoms with Gasteiger partial charge in [-0.15, -0.1) is 0 Å². The highest BCUT2D eigenvalue weighted by molar-refractivity contribution is 5.83. The van der Waals surface area contributed by atoms with Gasteiger partial charge in [0.15, 0.2) is 11.6 Å². The Hall–Kier alpha value is -3.34. The monoisotopic (exact) mass is 430 g/mol. The van der Waals surface area contributed by atoms with E-state index in [9.17, 15) is 10.1 Å². The summed E-state index contributed by atoms with van der Waals surface area (Å²) in [4.78, 5) is 14.5. The van der Waals surface area contributed by atoms with E-state index >= 15 is 0 Å². The van der Waals surface area contributed by atoms with Gasteiger partial charge >= 0.3 is 0 Å². The molecule has 3 aliphatic heterocycles. The Balaban J connectivity index is 1.22. The molecule has 2 N–H and O–H groups in total. The Labute approximate surface area is 187 Å². The van der Waals surface area contributed by atoms with E-state index in [1.165, 1.54) is 0 Å². The molecular formula is C25H26N4O3. The highest BCUT2D eigenvalue weighted by atomic mass is 16.5.